The summed E-state index contributed by atoms with van der Waals surface area (Å²) < 4.78 is 11.5. The van der Waals surface area contributed by atoms with Crippen LogP contribution in [0.5, 0.6) is 0 Å². The van der Waals surface area contributed by atoms with E-state index >= 15 is 0 Å². The first-order chi connectivity index (χ1) is 13.2. The summed E-state index contributed by atoms with van der Waals surface area (Å²) in [5.41, 5.74) is 0.882. The van der Waals surface area contributed by atoms with Crippen molar-refractivity contribution in [2.24, 2.45) is 0 Å². The van der Waals surface area contributed by atoms with E-state index in [4.69, 9.17) is 26.1 Å². The van der Waals surface area contributed by atoms with Gasteiger partial charge in [-0.05, 0) is 12.1 Å². The Kier molecular flexibility index (Phi) is 5.66. The van der Waals surface area contributed by atoms with Gasteiger partial charge in [0.2, 0.25) is 5.76 Å². The van der Waals surface area contributed by atoms with Gasteiger partial charge in [-0.2, -0.15) is 0 Å². The van der Waals surface area contributed by atoms with Crippen LogP contribution in [0, 0.1) is 0 Å². The molecular formula is C18H21ClN4O3S. The predicted octanol–water partition coefficient (Wildman–Crippen LogP) is 2.08. The molecule has 0 atom stereocenters. The Bertz CT molecular complexity index is 848. The Balaban J connectivity index is 1.24. The molecule has 2 aliphatic rings. The summed E-state index contributed by atoms with van der Waals surface area (Å²) >= 11 is 7.91. The summed E-state index contributed by atoms with van der Waals surface area (Å²) in [6.45, 7) is 5.97. The van der Waals surface area contributed by atoms with Gasteiger partial charge in [-0.3, -0.25) is 9.69 Å². The van der Waals surface area contributed by atoms with Crippen molar-refractivity contribution in [1.82, 2.24) is 15.2 Å². The van der Waals surface area contributed by atoms with Gasteiger partial charge in [-0.1, -0.05) is 29.0 Å². The fraction of sp³-hybridized carbons (Fsp3) is 0.444. The average Bonchev–Trinajstić information content (AvgIpc) is 3.15. The Morgan fingerprint density at radius 3 is 2.85 bits per heavy atom. The second-order valence-corrected chi connectivity index (χ2v) is 7.79. The summed E-state index contributed by atoms with van der Waals surface area (Å²) in [5, 5.41) is 4.60. The van der Waals surface area contributed by atoms with Gasteiger partial charge in [0.15, 0.2) is 5.13 Å². The minimum Gasteiger partial charge on any atom is -0.494 e. The maximum absolute atomic E-state index is 12.0. The van der Waals surface area contributed by atoms with Crippen LogP contribution in [0.25, 0.3) is 10.2 Å². The lowest BCUT2D eigenvalue weighted by Crippen LogP contribution is -2.48. The van der Waals surface area contributed by atoms with E-state index in [1.807, 2.05) is 12.1 Å². The number of hydrogen-bond acceptors (Lipinski definition) is 7. The van der Waals surface area contributed by atoms with E-state index in [1.165, 1.54) is 6.26 Å². The molecule has 0 bridgehead atoms. The van der Waals surface area contributed by atoms with Crippen molar-refractivity contribution in [3.63, 3.8) is 0 Å². The maximum Gasteiger partial charge on any atom is 0.289 e. The molecule has 4 rings (SSSR count). The maximum atomic E-state index is 12.0. The number of aromatic nitrogens is 1. The molecule has 27 heavy (non-hydrogen) atoms. The smallest absolute Gasteiger partial charge is 0.289 e. The number of para-hydroxylation sites is 1. The minimum atomic E-state index is -0.223. The number of rotatable bonds is 5. The first-order valence-electron chi connectivity index (χ1n) is 8.96. The number of thiazole rings is 1. The van der Waals surface area contributed by atoms with Crippen LogP contribution in [-0.2, 0) is 14.3 Å². The van der Waals surface area contributed by atoms with Crippen molar-refractivity contribution in [2.75, 3.05) is 57.4 Å². The van der Waals surface area contributed by atoms with Crippen LogP contribution >= 0.6 is 22.9 Å². The highest BCUT2D eigenvalue weighted by molar-refractivity contribution is 7.22. The molecule has 0 aliphatic carbocycles. The Labute approximate surface area is 166 Å². The molecule has 1 saturated heterocycles. The molecule has 0 radical (unpaired) electrons. The van der Waals surface area contributed by atoms with Crippen molar-refractivity contribution < 1.29 is 14.3 Å². The first-order valence-corrected chi connectivity index (χ1v) is 10.2. The summed E-state index contributed by atoms with van der Waals surface area (Å²) in [6.07, 6.45) is 1.38. The number of benzene rings is 1. The topological polar surface area (TPSA) is 66.9 Å². The number of piperazine rings is 1. The molecule has 0 spiro atoms. The molecule has 1 N–H and O–H groups in total. The van der Waals surface area contributed by atoms with Crippen LogP contribution in [0.4, 0.5) is 5.13 Å². The minimum absolute atomic E-state index is 0.223. The molecule has 1 aromatic carbocycles. The number of halogens is 1. The number of amides is 1. The van der Waals surface area contributed by atoms with Crippen LogP contribution in [0.3, 0.4) is 0 Å². The van der Waals surface area contributed by atoms with E-state index < -0.39 is 0 Å². The van der Waals surface area contributed by atoms with Gasteiger partial charge in [0.05, 0.1) is 9.72 Å². The quantitative estimate of drug-likeness (QED) is 0.817. The molecule has 1 aromatic heterocycles. The standard InChI is InChI=1S/C18H21ClN4O3S/c19-13-2-1-3-15-16(13)21-18(27-15)23-8-6-22(7-9-23)5-4-20-17(24)14-12-25-10-11-26-14/h1-3,12H,4-11H2,(H,20,24). The van der Waals surface area contributed by atoms with E-state index in [-0.39, 0.29) is 11.7 Å². The molecule has 2 aromatic rings. The van der Waals surface area contributed by atoms with Crippen molar-refractivity contribution >= 4 is 44.2 Å². The van der Waals surface area contributed by atoms with Crippen LogP contribution in [-0.4, -0.2) is 68.3 Å². The predicted molar refractivity (Wildman–Crippen MR) is 106 cm³/mol. The third-order valence-electron chi connectivity index (χ3n) is 4.59. The molecule has 7 nitrogen and oxygen atoms in total. The molecule has 2 aliphatic heterocycles. The van der Waals surface area contributed by atoms with Crippen molar-refractivity contribution in [3.05, 3.63) is 35.2 Å². The van der Waals surface area contributed by atoms with Crippen LogP contribution < -0.4 is 10.2 Å². The number of carbonyl (C=O) groups excluding carboxylic acids is 1. The van der Waals surface area contributed by atoms with Crippen LogP contribution in [0.1, 0.15) is 0 Å². The summed E-state index contributed by atoms with van der Waals surface area (Å²) in [7, 11) is 0. The lowest BCUT2D eigenvalue weighted by Gasteiger charge is -2.34. The number of ether oxygens (including phenoxy) is 2. The fourth-order valence-corrected chi connectivity index (χ4v) is 4.42. The van der Waals surface area contributed by atoms with Gasteiger partial charge >= 0.3 is 0 Å². The summed E-state index contributed by atoms with van der Waals surface area (Å²) in [5.74, 6) is 0.0280. The van der Waals surface area contributed by atoms with E-state index in [9.17, 15) is 4.79 Å². The number of carbonyl (C=O) groups is 1. The fourth-order valence-electron chi connectivity index (χ4n) is 3.10. The van der Waals surface area contributed by atoms with E-state index in [0.29, 0.717) is 24.8 Å². The van der Waals surface area contributed by atoms with E-state index in [1.54, 1.807) is 11.3 Å². The van der Waals surface area contributed by atoms with E-state index in [0.717, 1.165) is 48.1 Å². The second kappa shape index (κ2) is 8.33. The monoisotopic (exact) mass is 408 g/mol. The van der Waals surface area contributed by atoms with Gasteiger partial charge < -0.3 is 19.7 Å². The molecule has 0 unspecified atom stereocenters. The van der Waals surface area contributed by atoms with Gasteiger partial charge in [0, 0.05) is 39.3 Å². The van der Waals surface area contributed by atoms with Gasteiger partial charge in [-0.15, -0.1) is 0 Å². The second-order valence-electron chi connectivity index (χ2n) is 6.37. The highest BCUT2D eigenvalue weighted by Gasteiger charge is 2.21. The number of hydrogen-bond donors (Lipinski definition) is 1. The van der Waals surface area contributed by atoms with Crippen LogP contribution in [0.2, 0.25) is 5.02 Å². The van der Waals surface area contributed by atoms with Gasteiger partial charge in [0.25, 0.3) is 5.91 Å². The Morgan fingerprint density at radius 2 is 2.11 bits per heavy atom. The number of nitrogens with one attached hydrogen (secondary N) is 1. The summed E-state index contributed by atoms with van der Waals surface area (Å²) in [4.78, 5) is 21.3. The third-order valence-corrected chi connectivity index (χ3v) is 5.97. The van der Waals surface area contributed by atoms with E-state index in [2.05, 4.69) is 21.2 Å². The molecule has 3 heterocycles. The zero-order chi connectivity index (χ0) is 18.6. The SMILES string of the molecule is O=C(NCCN1CCN(c2nc3c(Cl)cccc3s2)CC1)C1=COCCO1. The molecule has 1 fully saturated rings. The van der Waals surface area contributed by atoms with Gasteiger partial charge in [0.1, 0.15) is 25.0 Å². The molecular weight excluding hydrogens is 388 g/mol. The lowest BCUT2D eigenvalue weighted by molar-refractivity contribution is -0.122. The van der Waals surface area contributed by atoms with Crippen LogP contribution in [0.15, 0.2) is 30.2 Å². The first kappa shape index (κ1) is 18.3. The Morgan fingerprint density at radius 1 is 1.26 bits per heavy atom. The molecule has 144 valence electrons. The highest BCUT2D eigenvalue weighted by Crippen LogP contribution is 2.33. The molecule has 0 saturated carbocycles. The zero-order valence-corrected chi connectivity index (χ0v) is 16.4. The van der Waals surface area contributed by atoms with Crippen molar-refractivity contribution in [3.8, 4) is 0 Å². The molecule has 1 amide bonds. The highest BCUT2D eigenvalue weighted by atomic mass is 35.5. The number of nitrogens with zero attached hydrogens (tertiary/aromatic N) is 3. The lowest BCUT2D eigenvalue weighted by atomic mass is 10.3. The number of fused-ring (bicyclic) bond motifs is 1. The third kappa shape index (κ3) is 4.28. The summed E-state index contributed by atoms with van der Waals surface area (Å²) in [6, 6.07) is 5.89. The van der Waals surface area contributed by atoms with Gasteiger partial charge in [-0.25, -0.2) is 4.98 Å². The average molecular weight is 409 g/mol. The molecule has 9 heteroatoms. The Hall–Kier alpha value is -2.03. The van der Waals surface area contributed by atoms with Crippen molar-refractivity contribution in [2.45, 2.75) is 0 Å². The zero-order valence-electron chi connectivity index (χ0n) is 14.8. The largest absolute Gasteiger partial charge is 0.494 e. The van der Waals surface area contributed by atoms with Crippen molar-refractivity contribution in [1.29, 1.82) is 0 Å². The normalized spacial score (nSPS) is 18.0. The number of anilines is 1.